The first kappa shape index (κ1) is 22.8. The van der Waals surface area contributed by atoms with Crippen LogP contribution in [0.15, 0.2) is 22.2 Å². The second-order valence-electron chi connectivity index (χ2n) is 6.08. The standard InChI is InChI=1S/C17H30N6O2.HI/c1-5-9-23-10-7-14(8-11-23)20-17(18-4)19-12-15-21-16(22-25-15)13(3)24-6-2;/h5,13-14H,1,6-12H2,2-4H3,(H2,18,19,20);1H. The van der Waals surface area contributed by atoms with Gasteiger partial charge in [-0.3, -0.25) is 9.89 Å². The first-order valence-corrected chi connectivity index (χ1v) is 8.90. The third-order valence-electron chi connectivity index (χ3n) is 4.21. The van der Waals surface area contributed by atoms with Crippen molar-refractivity contribution in [3.8, 4) is 0 Å². The number of aromatic nitrogens is 2. The van der Waals surface area contributed by atoms with Crippen molar-refractivity contribution in [1.29, 1.82) is 0 Å². The van der Waals surface area contributed by atoms with E-state index >= 15 is 0 Å². The first-order chi connectivity index (χ1) is 12.2. The number of nitrogens with one attached hydrogen (secondary N) is 2. The van der Waals surface area contributed by atoms with Crippen molar-refractivity contribution < 1.29 is 9.26 Å². The monoisotopic (exact) mass is 478 g/mol. The molecule has 0 radical (unpaired) electrons. The fraction of sp³-hybridized carbons (Fsp3) is 0.706. The van der Waals surface area contributed by atoms with Gasteiger partial charge in [0.2, 0.25) is 5.89 Å². The number of rotatable bonds is 8. The van der Waals surface area contributed by atoms with Gasteiger partial charge in [-0.15, -0.1) is 30.6 Å². The summed E-state index contributed by atoms with van der Waals surface area (Å²) in [6.45, 7) is 11.8. The molecule has 26 heavy (non-hydrogen) atoms. The predicted molar refractivity (Wildman–Crippen MR) is 113 cm³/mol. The van der Waals surface area contributed by atoms with Crippen LogP contribution in [0.3, 0.4) is 0 Å². The maximum absolute atomic E-state index is 5.46. The van der Waals surface area contributed by atoms with Crippen LogP contribution >= 0.6 is 24.0 Å². The number of hydrogen-bond donors (Lipinski definition) is 2. The topological polar surface area (TPSA) is 87.8 Å². The molecule has 1 fully saturated rings. The Kier molecular flexibility index (Phi) is 10.7. The summed E-state index contributed by atoms with van der Waals surface area (Å²) in [5, 5.41) is 10.6. The third-order valence-corrected chi connectivity index (χ3v) is 4.21. The van der Waals surface area contributed by atoms with Crippen LogP contribution < -0.4 is 10.6 Å². The Labute approximate surface area is 172 Å². The highest BCUT2D eigenvalue weighted by Crippen LogP contribution is 2.13. The van der Waals surface area contributed by atoms with Gasteiger partial charge >= 0.3 is 0 Å². The Morgan fingerprint density at radius 2 is 2.23 bits per heavy atom. The molecule has 1 aromatic rings. The third kappa shape index (κ3) is 7.20. The molecule has 0 saturated carbocycles. The quantitative estimate of drug-likeness (QED) is 0.256. The maximum Gasteiger partial charge on any atom is 0.246 e. The summed E-state index contributed by atoms with van der Waals surface area (Å²) in [4.78, 5) is 11.0. The van der Waals surface area contributed by atoms with E-state index in [4.69, 9.17) is 9.26 Å². The van der Waals surface area contributed by atoms with Gasteiger partial charge in [0.1, 0.15) is 6.10 Å². The van der Waals surface area contributed by atoms with E-state index in [0.29, 0.717) is 30.9 Å². The normalized spacial score (nSPS) is 17.4. The van der Waals surface area contributed by atoms with Crippen molar-refractivity contribution in [2.75, 3.05) is 33.3 Å². The first-order valence-electron chi connectivity index (χ1n) is 8.90. The van der Waals surface area contributed by atoms with Crippen molar-refractivity contribution in [3.63, 3.8) is 0 Å². The lowest BCUT2D eigenvalue weighted by molar-refractivity contribution is 0.0683. The zero-order valence-corrected chi connectivity index (χ0v) is 18.2. The van der Waals surface area contributed by atoms with Crippen molar-refractivity contribution >= 4 is 29.9 Å². The molecule has 8 nitrogen and oxygen atoms in total. The second kappa shape index (κ2) is 12.2. The number of ether oxygens (including phenoxy) is 1. The Balaban J connectivity index is 0.00000338. The molecule has 148 valence electrons. The molecule has 1 unspecified atom stereocenters. The van der Waals surface area contributed by atoms with E-state index in [1.165, 1.54) is 0 Å². The number of piperidine rings is 1. The van der Waals surface area contributed by atoms with Gasteiger partial charge in [0.25, 0.3) is 0 Å². The molecule has 2 heterocycles. The molecule has 1 atom stereocenters. The van der Waals surface area contributed by atoms with E-state index in [1.807, 2.05) is 19.9 Å². The summed E-state index contributed by atoms with van der Waals surface area (Å²) in [5.41, 5.74) is 0. The van der Waals surface area contributed by atoms with Gasteiger partial charge < -0.3 is 19.9 Å². The molecule has 9 heteroatoms. The maximum atomic E-state index is 5.46. The van der Waals surface area contributed by atoms with Crippen molar-refractivity contribution in [2.24, 2.45) is 4.99 Å². The average Bonchev–Trinajstić information content (AvgIpc) is 3.09. The van der Waals surface area contributed by atoms with Gasteiger partial charge in [0, 0.05) is 39.3 Å². The SMILES string of the molecule is C=CCN1CCC(NC(=NC)NCc2nc(C(C)OCC)no2)CC1.I. The van der Waals surface area contributed by atoms with Crippen molar-refractivity contribution in [3.05, 3.63) is 24.4 Å². The van der Waals surface area contributed by atoms with Gasteiger partial charge in [-0.05, 0) is 26.7 Å². The summed E-state index contributed by atoms with van der Waals surface area (Å²) in [6, 6.07) is 0.420. The van der Waals surface area contributed by atoms with E-state index in [-0.39, 0.29) is 30.1 Å². The Morgan fingerprint density at radius 3 is 2.85 bits per heavy atom. The molecular formula is C17H31IN6O2. The van der Waals surface area contributed by atoms with Crippen LogP contribution in [0, 0.1) is 0 Å². The number of hydrogen-bond acceptors (Lipinski definition) is 6. The number of guanidine groups is 1. The van der Waals surface area contributed by atoms with Gasteiger partial charge in [-0.2, -0.15) is 4.98 Å². The van der Waals surface area contributed by atoms with Crippen LogP contribution in [-0.4, -0.2) is 60.3 Å². The molecule has 1 aromatic heterocycles. The highest BCUT2D eigenvalue weighted by molar-refractivity contribution is 14.0. The fourth-order valence-corrected chi connectivity index (χ4v) is 2.82. The highest BCUT2D eigenvalue weighted by Gasteiger charge is 2.19. The van der Waals surface area contributed by atoms with Crippen LogP contribution in [0.1, 0.15) is 44.5 Å². The molecule has 0 spiro atoms. The number of nitrogens with zero attached hydrogens (tertiary/aromatic N) is 4. The zero-order chi connectivity index (χ0) is 18.1. The van der Waals surface area contributed by atoms with Gasteiger partial charge in [0.15, 0.2) is 11.8 Å². The summed E-state index contributed by atoms with van der Waals surface area (Å²) >= 11 is 0. The average molecular weight is 478 g/mol. The van der Waals surface area contributed by atoms with E-state index in [9.17, 15) is 0 Å². The largest absolute Gasteiger partial charge is 0.371 e. The number of likely N-dealkylation sites (tertiary alicyclic amines) is 1. The van der Waals surface area contributed by atoms with Crippen LogP contribution in [0.4, 0.5) is 0 Å². The van der Waals surface area contributed by atoms with Crippen molar-refractivity contribution in [1.82, 2.24) is 25.7 Å². The summed E-state index contributed by atoms with van der Waals surface area (Å²) < 4.78 is 10.7. The van der Waals surface area contributed by atoms with E-state index < -0.39 is 0 Å². The van der Waals surface area contributed by atoms with E-state index in [1.54, 1.807) is 7.05 Å². The summed E-state index contributed by atoms with van der Waals surface area (Å²) in [6.07, 6.45) is 3.97. The van der Waals surface area contributed by atoms with Crippen LogP contribution in [-0.2, 0) is 11.3 Å². The lowest BCUT2D eigenvalue weighted by Crippen LogP contribution is -2.48. The Bertz CT molecular complexity index is 557. The second-order valence-corrected chi connectivity index (χ2v) is 6.08. The molecule has 0 aliphatic carbocycles. The van der Waals surface area contributed by atoms with Crippen LogP contribution in [0.2, 0.25) is 0 Å². The van der Waals surface area contributed by atoms with Crippen LogP contribution in [0.5, 0.6) is 0 Å². The highest BCUT2D eigenvalue weighted by atomic mass is 127. The van der Waals surface area contributed by atoms with Gasteiger partial charge in [0.05, 0.1) is 6.54 Å². The minimum atomic E-state index is -0.166. The fourth-order valence-electron chi connectivity index (χ4n) is 2.82. The predicted octanol–water partition coefficient (Wildman–Crippen LogP) is 2.10. The molecule has 0 amide bonds. The van der Waals surface area contributed by atoms with E-state index in [0.717, 1.165) is 38.4 Å². The molecule has 0 aromatic carbocycles. The number of halogens is 1. The minimum Gasteiger partial charge on any atom is -0.371 e. The lowest BCUT2D eigenvalue weighted by Gasteiger charge is -2.32. The smallest absolute Gasteiger partial charge is 0.246 e. The lowest BCUT2D eigenvalue weighted by atomic mass is 10.1. The molecule has 1 aliphatic heterocycles. The molecule has 2 N–H and O–H groups in total. The molecule has 1 saturated heterocycles. The zero-order valence-electron chi connectivity index (χ0n) is 15.9. The van der Waals surface area contributed by atoms with Crippen LogP contribution in [0.25, 0.3) is 0 Å². The van der Waals surface area contributed by atoms with Crippen molar-refractivity contribution in [2.45, 2.75) is 45.4 Å². The van der Waals surface area contributed by atoms with Gasteiger partial charge in [-0.25, -0.2) is 0 Å². The molecule has 0 bridgehead atoms. The van der Waals surface area contributed by atoms with E-state index in [2.05, 4.69) is 37.2 Å². The molecule has 2 rings (SSSR count). The number of aliphatic imine (C=N–C) groups is 1. The Hall–Kier alpha value is -1.20. The Morgan fingerprint density at radius 1 is 1.50 bits per heavy atom. The minimum absolute atomic E-state index is 0. The van der Waals surface area contributed by atoms with Gasteiger partial charge in [-0.1, -0.05) is 11.2 Å². The molecule has 1 aliphatic rings. The summed E-state index contributed by atoms with van der Waals surface area (Å²) in [5.74, 6) is 1.83. The summed E-state index contributed by atoms with van der Waals surface area (Å²) in [7, 11) is 1.76. The molecular weight excluding hydrogens is 447 g/mol.